The van der Waals surface area contributed by atoms with Crippen LogP contribution in [0.15, 0.2) is 28.7 Å². The quantitative estimate of drug-likeness (QED) is 0.879. The van der Waals surface area contributed by atoms with E-state index < -0.39 is 0 Å². The fourth-order valence-corrected chi connectivity index (χ4v) is 1.72. The highest BCUT2D eigenvalue weighted by Gasteiger charge is 2.14. The van der Waals surface area contributed by atoms with Crippen LogP contribution < -0.4 is 5.32 Å². The predicted molar refractivity (Wildman–Crippen MR) is 66.6 cm³/mol. The summed E-state index contributed by atoms with van der Waals surface area (Å²) in [5, 5.41) is 11.4. The van der Waals surface area contributed by atoms with Crippen molar-refractivity contribution >= 4 is 0 Å². The fraction of sp³-hybridized carbons (Fsp3) is 0.385. The molecule has 1 atom stereocenters. The zero-order valence-electron chi connectivity index (χ0n) is 10.4. The Morgan fingerprint density at radius 1 is 1.29 bits per heavy atom. The number of hydrogen-bond acceptors (Lipinski definition) is 4. The lowest BCUT2D eigenvalue weighted by Crippen LogP contribution is -2.17. The number of rotatable bonds is 4. The van der Waals surface area contributed by atoms with Crippen LogP contribution in [0, 0.1) is 6.92 Å². The minimum absolute atomic E-state index is 0.0882. The van der Waals surface area contributed by atoms with Gasteiger partial charge in [0.25, 0.3) is 0 Å². The van der Waals surface area contributed by atoms with E-state index in [9.17, 15) is 0 Å². The summed E-state index contributed by atoms with van der Waals surface area (Å²) >= 11 is 0. The average molecular weight is 231 g/mol. The Bertz CT molecular complexity index is 493. The van der Waals surface area contributed by atoms with E-state index in [0.29, 0.717) is 11.8 Å². The van der Waals surface area contributed by atoms with Crippen LogP contribution in [-0.4, -0.2) is 16.7 Å². The van der Waals surface area contributed by atoms with Crippen molar-refractivity contribution in [2.24, 2.45) is 0 Å². The van der Waals surface area contributed by atoms with Gasteiger partial charge in [0.2, 0.25) is 11.8 Å². The van der Waals surface area contributed by atoms with Gasteiger partial charge in [-0.1, -0.05) is 25.1 Å². The van der Waals surface area contributed by atoms with E-state index in [1.54, 1.807) is 0 Å². The van der Waals surface area contributed by atoms with E-state index in [4.69, 9.17) is 4.42 Å². The van der Waals surface area contributed by atoms with Crippen molar-refractivity contribution in [1.82, 2.24) is 15.5 Å². The Morgan fingerprint density at radius 2 is 2.06 bits per heavy atom. The molecule has 0 spiro atoms. The highest BCUT2D eigenvalue weighted by Crippen LogP contribution is 2.23. The molecule has 4 heteroatoms. The minimum atomic E-state index is 0.0882. The van der Waals surface area contributed by atoms with Gasteiger partial charge in [0.05, 0.1) is 6.04 Å². The Hall–Kier alpha value is -1.68. The molecule has 2 aromatic rings. The van der Waals surface area contributed by atoms with Crippen molar-refractivity contribution in [3.8, 4) is 11.5 Å². The highest BCUT2D eigenvalue weighted by molar-refractivity contribution is 5.57. The second kappa shape index (κ2) is 5.10. The summed E-state index contributed by atoms with van der Waals surface area (Å²) in [5.74, 6) is 1.22. The number of aryl methyl sites for hydroxylation is 1. The van der Waals surface area contributed by atoms with Crippen LogP contribution >= 0.6 is 0 Å². The highest BCUT2D eigenvalue weighted by atomic mass is 16.4. The number of nitrogens with zero attached hydrogens (tertiary/aromatic N) is 2. The SMILES string of the molecule is CCNC(C)c1nnc(-c2ccccc2C)o1. The van der Waals surface area contributed by atoms with Gasteiger partial charge in [0, 0.05) is 5.56 Å². The van der Waals surface area contributed by atoms with Gasteiger partial charge >= 0.3 is 0 Å². The number of aromatic nitrogens is 2. The van der Waals surface area contributed by atoms with Gasteiger partial charge in [-0.3, -0.25) is 0 Å². The maximum absolute atomic E-state index is 5.68. The zero-order valence-corrected chi connectivity index (χ0v) is 10.4. The summed E-state index contributed by atoms with van der Waals surface area (Å²) < 4.78 is 5.68. The lowest BCUT2D eigenvalue weighted by molar-refractivity contribution is 0.429. The third-order valence-corrected chi connectivity index (χ3v) is 2.70. The fourth-order valence-electron chi connectivity index (χ4n) is 1.72. The summed E-state index contributed by atoms with van der Waals surface area (Å²) in [7, 11) is 0. The monoisotopic (exact) mass is 231 g/mol. The molecule has 2 rings (SSSR count). The minimum Gasteiger partial charge on any atom is -0.419 e. The van der Waals surface area contributed by atoms with Crippen LogP contribution in [0.2, 0.25) is 0 Å². The van der Waals surface area contributed by atoms with Gasteiger partial charge in [-0.2, -0.15) is 0 Å². The molecule has 1 aromatic heterocycles. The third-order valence-electron chi connectivity index (χ3n) is 2.70. The van der Waals surface area contributed by atoms with Crippen molar-refractivity contribution in [2.45, 2.75) is 26.8 Å². The molecule has 1 unspecified atom stereocenters. The van der Waals surface area contributed by atoms with Gasteiger partial charge in [-0.25, -0.2) is 0 Å². The Balaban J connectivity index is 2.27. The maximum Gasteiger partial charge on any atom is 0.248 e. The van der Waals surface area contributed by atoms with Crippen molar-refractivity contribution in [2.75, 3.05) is 6.54 Å². The Kier molecular flexibility index (Phi) is 3.54. The van der Waals surface area contributed by atoms with Crippen molar-refractivity contribution in [1.29, 1.82) is 0 Å². The van der Waals surface area contributed by atoms with E-state index >= 15 is 0 Å². The molecule has 1 N–H and O–H groups in total. The molecule has 4 nitrogen and oxygen atoms in total. The predicted octanol–water partition coefficient (Wildman–Crippen LogP) is 2.72. The lowest BCUT2D eigenvalue weighted by atomic mass is 10.1. The summed E-state index contributed by atoms with van der Waals surface area (Å²) in [6.07, 6.45) is 0. The van der Waals surface area contributed by atoms with Gasteiger partial charge < -0.3 is 9.73 Å². The van der Waals surface area contributed by atoms with Crippen LogP contribution in [0.25, 0.3) is 11.5 Å². The molecular weight excluding hydrogens is 214 g/mol. The Morgan fingerprint density at radius 3 is 2.76 bits per heavy atom. The number of nitrogens with one attached hydrogen (secondary N) is 1. The summed E-state index contributed by atoms with van der Waals surface area (Å²) in [6, 6.07) is 8.08. The lowest BCUT2D eigenvalue weighted by Gasteiger charge is -2.06. The van der Waals surface area contributed by atoms with E-state index in [1.165, 1.54) is 0 Å². The summed E-state index contributed by atoms with van der Waals surface area (Å²) in [5.41, 5.74) is 2.13. The normalized spacial score (nSPS) is 12.6. The first-order valence-corrected chi connectivity index (χ1v) is 5.85. The van der Waals surface area contributed by atoms with Crippen LogP contribution in [0.3, 0.4) is 0 Å². The molecular formula is C13H17N3O. The molecule has 1 heterocycles. The Labute approximate surface area is 101 Å². The van der Waals surface area contributed by atoms with E-state index in [1.807, 2.05) is 38.1 Å². The second-order valence-electron chi connectivity index (χ2n) is 4.04. The molecule has 0 amide bonds. The third kappa shape index (κ3) is 2.53. The van der Waals surface area contributed by atoms with Gasteiger partial charge in [0.15, 0.2) is 0 Å². The van der Waals surface area contributed by atoms with Crippen molar-refractivity contribution < 1.29 is 4.42 Å². The van der Waals surface area contributed by atoms with Crippen molar-refractivity contribution in [3.63, 3.8) is 0 Å². The molecule has 0 radical (unpaired) electrons. The smallest absolute Gasteiger partial charge is 0.248 e. The average Bonchev–Trinajstić information content (AvgIpc) is 2.79. The molecule has 0 aliphatic rings. The molecule has 1 aromatic carbocycles. The molecule has 0 aliphatic carbocycles. The first-order chi connectivity index (χ1) is 8.22. The van der Waals surface area contributed by atoms with Crippen molar-refractivity contribution in [3.05, 3.63) is 35.7 Å². The molecule has 90 valence electrons. The standard InChI is InChI=1S/C13H17N3O/c1-4-14-10(3)12-15-16-13(17-12)11-8-6-5-7-9(11)2/h5-8,10,14H,4H2,1-3H3. The van der Waals surface area contributed by atoms with E-state index in [0.717, 1.165) is 17.7 Å². The molecule has 0 saturated carbocycles. The van der Waals surface area contributed by atoms with Gasteiger partial charge in [-0.15, -0.1) is 10.2 Å². The first-order valence-electron chi connectivity index (χ1n) is 5.85. The second-order valence-corrected chi connectivity index (χ2v) is 4.04. The van der Waals surface area contributed by atoms with Gasteiger partial charge in [0.1, 0.15) is 0 Å². The number of hydrogen-bond donors (Lipinski definition) is 1. The topological polar surface area (TPSA) is 51.0 Å². The van der Waals surface area contributed by atoms with Crippen LogP contribution in [0.4, 0.5) is 0 Å². The van der Waals surface area contributed by atoms with Crippen LogP contribution in [-0.2, 0) is 0 Å². The molecule has 0 aliphatic heterocycles. The summed E-state index contributed by atoms with van der Waals surface area (Å²) in [6.45, 7) is 6.98. The molecule has 0 fully saturated rings. The molecule has 0 saturated heterocycles. The maximum atomic E-state index is 5.68. The van der Waals surface area contributed by atoms with E-state index in [-0.39, 0.29) is 6.04 Å². The largest absolute Gasteiger partial charge is 0.419 e. The van der Waals surface area contributed by atoms with Gasteiger partial charge in [-0.05, 0) is 32.0 Å². The number of benzene rings is 1. The van der Waals surface area contributed by atoms with Crippen LogP contribution in [0.1, 0.15) is 31.3 Å². The van der Waals surface area contributed by atoms with Crippen LogP contribution in [0.5, 0.6) is 0 Å². The summed E-state index contributed by atoms with van der Waals surface area (Å²) in [4.78, 5) is 0. The zero-order chi connectivity index (χ0) is 12.3. The first kappa shape index (κ1) is 11.8. The molecule has 0 bridgehead atoms. The molecule has 17 heavy (non-hydrogen) atoms. The van der Waals surface area contributed by atoms with E-state index in [2.05, 4.69) is 22.4 Å².